The summed E-state index contributed by atoms with van der Waals surface area (Å²) >= 11 is 0. The summed E-state index contributed by atoms with van der Waals surface area (Å²) in [4.78, 5) is 32.5. The second kappa shape index (κ2) is 3.42. The summed E-state index contributed by atoms with van der Waals surface area (Å²) in [5.41, 5.74) is 0. The SMILES string of the molecule is CCC1C(=O)NC(=O)NC1C(=O)O. The van der Waals surface area contributed by atoms with Crippen molar-refractivity contribution in [3.8, 4) is 0 Å². The van der Waals surface area contributed by atoms with Gasteiger partial charge in [0.05, 0.1) is 5.92 Å². The molecule has 0 aromatic rings. The molecular formula is C7H10N2O4. The van der Waals surface area contributed by atoms with Gasteiger partial charge in [0.15, 0.2) is 0 Å². The Bertz CT molecular complexity index is 263. The molecule has 0 aromatic heterocycles. The van der Waals surface area contributed by atoms with Crippen molar-refractivity contribution < 1.29 is 19.5 Å². The molecule has 13 heavy (non-hydrogen) atoms. The molecule has 0 aromatic carbocycles. The highest BCUT2D eigenvalue weighted by Gasteiger charge is 2.38. The van der Waals surface area contributed by atoms with Crippen molar-refractivity contribution in [2.75, 3.05) is 0 Å². The number of hydrogen-bond donors (Lipinski definition) is 3. The summed E-state index contributed by atoms with van der Waals surface area (Å²) in [5, 5.41) is 12.9. The number of urea groups is 1. The smallest absolute Gasteiger partial charge is 0.327 e. The molecule has 1 aliphatic heterocycles. The molecule has 0 aliphatic carbocycles. The van der Waals surface area contributed by atoms with Gasteiger partial charge in [-0.15, -0.1) is 0 Å². The molecule has 1 saturated heterocycles. The summed E-state index contributed by atoms with van der Waals surface area (Å²) in [6.45, 7) is 1.69. The third kappa shape index (κ3) is 1.77. The van der Waals surface area contributed by atoms with E-state index < -0.39 is 29.9 Å². The topological polar surface area (TPSA) is 95.5 Å². The van der Waals surface area contributed by atoms with Gasteiger partial charge in [-0.25, -0.2) is 9.59 Å². The highest BCUT2D eigenvalue weighted by Crippen LogP contribution is 2.12. The van der Waals surface area contributed by atoms with Crippen molar-refractivity contribution in [3.63, 3.8) is 0 Å². The number of amides is 3. The van der Waals surface area contributed by atoms with E-state index in [0.717, 1.165) is 0 Å². The lowest BCUT2D eigenvalue weighted by atomic mass is 9.94. The van der Waals surface area contributed by atoms with Crippen LogP contribution in [0.2, 0.25) is 0 Å². The highest BCUT2D eigenvalue weighted by molar-refractivity contribution is 6.02. The fraction of sp³-hybridized carbons (Fsp3) is 0.571. The number of carbonyl (C=O) groups is 3. The maximum Gasteiger partial charge on any atom is 0.327 e. The van der Waals surface area contributed by atoms with Gasteiger partial charge in [0.2, 0.25) is 5.91 Å². The lowest BCUT2D eigenvalue weighted by Gasteiger charge is -2.27. The third-order valence-electron chi connectivity index (χ3n) is 1.97. The maximum atomic E-state index is 11.1. The van der Waals surface area contributed by atoms with E-state index in [1.54, 1.807) is 6.92 Å². The Hall–Kier alpha value is -1.59. The molecule has 3 N–H and O–H groups in total. The van der Waals surface area contributed by atoms with Crippen molar-refractivity contribution in [1.29, 1.82) is 0 Å². The van der Waals surface area contributed by atoms with Gasteiger partial charge in [-0.2, -0.15) is 0 Å². The normalized spacial score (nSPS) is 27.8. The number of rotatable bonds is 2. The minimum Gasteiger partial charge on any atom is -0.480 e. The molecule has 2 unspecified atom stereocenters. The maximum absolute atomic E-state index is 11.1. The van der Waals surface area contributed by atoms with Gasteiger partial charge >= 0.3 is 12.0 Å². The Labute approximate surface area is 74.3 Å². The first-order valence-corrected chi connectivity index (χ1v) is 3.90. The van der Waals surface area contributed by atoms with Crippen molar-refractivity contribution in [2.24, 2.45) is 5.92 Å². The van der Waals surface area contributed by atoms with Crippen LogP contribution in [0.1, 0.15) is 13.3 Å². The van der Waals surface area contributed by atoms with Crippen molar-refractivity contribution in [3.05, 3.63) is 0 Å². The molecule has 6 nitrogen and oxygen atoms in total. The summed E-state index contributed by atoms with van der Waals surface area (Å²) < 4.78 is 0. The lowest BCUT2D eigenvalue weighted by molar-refractivity contribution is -0.144. The molecule has 1 rings (SSSR count). The summed E-state index contributed by atoms with van der Waals surface area (Å²) in [7, 11) is 0. The Balaban J connectivity index is 2.83. The van der Waals surface area contributed by atoms with Gasteiger partial charge in [0, 0.05) is 0 Å². The Morgan fingerprint density at radius 1 is 1.54 bits per heavy atom. The largest absolute Gasteiger partial charge is 0.480 e. The van der Waals surface area contributed by atoms with Gasteiger partial charge in [-0.3, -0.25) is 10.1 Å². The molecule has 2 atom stereocenters. The summed E-state index contributed by atoms with van der Waals surface area (Å²) in [6, 6.07) is -1.85. The number of imide groups is 1. The van der Waals surface area contributed by atoms with Gasteiger partial charge in [0.1, 0.15) is 6.04 Å². The van der Waals surface area contributed by atoms with Crippen LogP contribution >= 0.6 is 0 Å². The Kier molecular flexibility index (Phi) is 2.50. The van der Waals surface area contributed by atoms with Crippen LogP contribution in [0.4, 0.5) is 4.79 Å². The third-order valence-corrected chi connectivity index (χ3v) is 1.97. The average Bonchev–Trinajstić information content (AvgIpc) is 2.02. The second-order valence-electron chi connectivity index (χ2n) is 2.79. The molecular weight excluding hydrogens is 176 g/mol. The van der Waals surface area contributed by atoms with E-state index in [1.165, 1.54) is 0 Å². The number of aliphatic carboxylic acids is 1. The minimum absolute atomic E-state index is 0.378. The molecule has 0 spiro atoms. The quantitative estimate of drug-likeness (QED) is 0.531. The van der Waals surface area contributed by atoms with Crippen molar-refractivity contribution >= 4 is 17.9 Å². The van der Waals surface area contributed by atoms with Crippen LogP contribution in [0.5, 0.6) is 0 Å². The standard InChI is InChI=1S/C7H10N2O4/c1-2-3-4(6(11)12)8-7(13)9-5(3)10/h3-4H,2H2,1H3,(H,11,12)(H2,8,9,10,13). The fourth-order valence-corrected chi connectivity index (χ4v) is 1.29. The van der Waals surface area contributed by atoms with Crippen LogP contribution in [0.15, 0.2) is 0 Å². The van der Waals surface area contributed by atoms with Crippen LogP contribution in [-0.4, -0.2) is 29.1 Å². The van der Waals surface area contributed by atoms with Crippen molar-refractivity contribution in [2.45, 2.75) is 19.4 Å². The van der Waals surface area contributed by atoms with E-state index >= 15 is 0 Å². The van der Waals surface area contributed by atoms with E-state index in [-0.39, 0.29) is 0 Å². The average molecular weight is 186 g/mol. The number of carbonyl (C=O) groups excluding carboxylic acids is 2. The van der Waals surface area contributed by atoms with Crippen LogP contribution < -0.4 is 10.6 Å². The molecule has 3 amide bonds. The van der Waals surface area contributed by atoms with E-state index in [1.807, 2.05) is 5.32 Å². The second-order valence-corrected chi connectivity index (χ2v) is 2.79. The molecule has 1 aliphatic rings. The molecule has 6 heteroatoms. The Morgan fingerprint density at radius 2 is 2.15 bits per heavy atom. The van der Waals surface area contributed by atoms with E-state index in [0.29, 0.717) is 6.42 Å². The number of carboxylic acid groups (broad SMARTS) is 1. The molecule has 1 fully saturated rings. The summed E-state index contributed by atoms with van der Waals surface area (Å²) in [5.74, 6) is -2.40. The first kappa shape index (κ1) is 9.50. The van der Waals surface area contributed by atoms with Crippen LogP contribution in [0.3, 0.4) is 0 Å². The fourth-order valence-electron chi connectivity index (χ4n) is 1.29. The zero-order chi connectivity index (χ0) is 10.0. The predicted molar refractivity (Wildman–Crippen MR) is 41.9 cm³/mol. The van der Waals surface area contributed by atoms with Gasteiger partial charge in [-0.1, -0.05) is 6.92 Å². The lowest BCUT2D eigenvalue weighted by Crippen LogP contribution is -2.60. The van der Waals surface area contributed by atoms with Crippen LogP contribution in [0.25, 0.3) is 0 Å². The van der Waals surface area contributed by atoms with Crippen molar-refractivity contribution in [1.82, 2.24) is 10.6 Å². The zero-order valence-electron chi connectivity index (χ0n) is 7.03. The molecule has 0 radical (unpaired) electrons. The van der Waals surface area contributed by atoms with E-state index in [2.05, 4.69) is 5.32 Å². The minimum atomic E-state index is -1.19. The van der Waals surface area contributed by atoms with Gasteiger partial charge in [0.25, 0.3) is 0 Å². The highest BCUT2D eigenvalue weighted by atomic mass is 16.4. The molecule has 0 bridgehead atoms. The summed E-state index contributed by atoms with van der Waals surface area (Å²) in [6.07, 6.45) is 0.378. The number of hydrogen-bond acceptors (Lipinski definition) is 3. The van der Waals surface area contributed by atoms with Crippen LogP contribution in [0, 0.1) is 5.92 Å². The molecule has 1 heterocycles. The first-order chi connectivity index (χ1) is 6.06. The van der Waals surface area contributed by atoms with E-state index in [4.69, 9.17) is 5.11 Å². The van der Waals surface area contributed by atoms with E-state index in [9.17, 15) is 14.4 Å². The Morgan fingerprint density at radius 3 is 2.62 bits per heavy atom. The predicted octanol–water partition coefficient (Wildman–Crippen LogP) is -0.695. The monoisotopic (exact) mass is 186 g/mol. The van der Waals surface area contributed by atoms with Gasteiger partial charge < -0.3 is 10.4 Å². The van der Waals surface area contributed by atoms with Crippen LogP contribution in [-0.2, 0) is 9.59 Å². The number of carboxylic acids is 1. The molecule has 0 saturated carbocycles. The molecule has 72 valence electrons. The zero-order valence-corrected chi connectivity index (χ0v) is 7.03. The number of nitrogens with one attached hydrogen (secondary N) is 2. The van der Waals surface area contributed by atoms with Gasteiger partial charge in [-0.05, 0) is 6.42 Å². The first-order valence-electron chi connectivity index (χ1n) is 3.90.